The van der Waals surface area contributed by atoms with Gasteiger partial charge in [0.2, 0.25) is 5.91 Å². The standard InChI is InChI=1S/C38H32ClN3O5S/c1-46-35-21-16-30(23-33(35)39)40-36(43)25-48-32-19-14-29(15-20-32)41-38(45)34(42-37(44)28-10-6-3-7-11-28)22-26-12-17-31(18-13-26)47-24-27-8-4-2-5-9-27/h2-23H,24-25H2,1H3,(H,40,43)(H,41,45)(H,42,44)/b34-22-. The molecule has 0 atom stereocenters. The van der Waals surface area contributed by atoms with Gasteiger partial charge in [0.15, 0.2) is 0 Å². The number of amides is 3. The number of thioether (sulfide) groups is 1. The minimum atomic E-state index is -0.499. The maximum Gasteiger partial charge on any atom is 0.272 e. The number of hydrogen-bond donors (Lipinski definition) is 3. The highest BCUT2D eigenvalue weighted by molar-refractivity contribution is 8.00. The summed E-state index contributed by atoms with van der Waals surface area (Å²) >= 11 is 7.49. The molecule has 0 fully saturated rings. The topological polar surface area (TPSA) is 106 Å². The summed E-state index contributed by atoms with van der Waals surface area (Å²) in [6, 6.07) is 37.9. The molecule has 0 spiro atoms. The van der Waals surface area contributed by atoms with Gasteiger partial charge in [-0.3, -0.25) is 14.4 Å². The van der Waals surface area contributed by atoms with Crippen LogP contribution in [-0.4, -0.2) is 30.6 Å². The number of hydrogen-bond acceptors (Lipinski definition) is 6. The Labute approximate surface area is 288 Å². The Bertz CT molecular complexity index is 1880. The third kappa shape index (κ3) is 9.99. The number of rotatable bonds is 13. The second kappa shape index (κ2) is 16.9. The monoisotopic (exact) mass is 677 g/mol. The SMILES string of the molecule is COc1ccc(NC(=O)CSc2ccc(NC(=O)/C(=C/c3ccc(OCc4ccccc4)cc3)NC(=O)c3ccccc3)cc2)cc1Cl. The molecule has 5 aromatic rings. The van der Waals surface area contributed by atoms with Crippen LogP contribution in [0.5, 0.6) is 11.5 Å². The number of carbonyl (C=O) groups excluding carboxylic acids is 3. The molecule has 3 amide bonds. The van der Waals surface area contributed by atoms with E-state index in [0.717, 1.165) is 10.5 Å². The molecule has 0 aromatic heterocycles. The van der Waals surface area contributed by atoms with Crippen LogP contribution in [0.25, 0.3) is 6.08 Å². The van der Waals surface area contributed by atoms with E-state index in [9.17, 15) is 14.4 Å². The smallest absolute Gasteiger partial charge is 0.272 e. The molecule has 0 saturated carbocycles. The van der Waals surface area contributed by atoms with E-state index < -0.39 is 11.8 Å². The average molecular weight is 678 g/mol. The minimum absolute atomic E-state index is 0.0653. The molecule has 3 N–H and O–H groups in total. The van der Waals surface area contributed by atoms with Gasteiger partial charge < -0.3 is 25.4 Å². The van der Waals surface area contributed by atoms with E-state index in [1.165, 1.54) is 18.9 Å². The van der Waals surface area contributed by atoms with E-state index in [-0.39, 0.29) is 17.4 Å². The third-order valence-corrected chi connectivity index (χ3v) is 8.19. The lowest BCUT2D eigenvalue weighted by molar-refractivity contribution is -0.114. The number of carbonyl (C=O) groups is 3. The molecule has 242 valence electrons. The lowest BCUT2D eigenvalue weighted by Crippen LogP contribution is -2.30. The first-order chi connectivity index (χ1) is 23.4. The summed E-state index contributed by atoms with van der Waals surface area (Å²) in [6.07, 6.45) is 1.61. The maximum absolute atomic E-state index is 13.5. The van der Waals surface area contributed by atoms with Gasteiger partial charge in [0, 0.05) is 21.8 Å². The first kappa shape index (κ1) is 33.8. The van der Waals surface area contributed by atoms with Crippen LogP contribution in [0.2, 0.25) is 5.02 Å². The highest BCUT2D eigenvalue weighted by Gasteiger charge is 2.15. The molecule has 0 heterocycles. The fraction of sp³-hybridized carbons (Fsp3) is 0.0789. The molecular formula is C38H32ClN3O5S. The zero-order valence-electron chi connectivity index (χ0n) is 25.9. The molecule has 5 aromatic carbocycles. The van der Waals surface area contributed by atoms with Crippen molar-refractivity contribution in [2.75, 3.05) is 23.5 Å². The summed E-state index contributed by atoms with van der Waals surface area (Å²) in [7, 11) is 1.52. The van der Waals surface area contributed by atoms with Gasteiger partial charge in [-0.05, 0) is 83.9 Å². The van der Waals surface area contributed by atoms with Gasteiger partial charge in [0.1, 0.15) is 23.8 Å². The van der Waals surface area contributed by atoms with Crippen LogP contribution in [0, 0.1) is 0 Å². The summed E-state index contributed by atoms with van der Waals surface area (Å²) in [6.45, 7) is 0.431. The van der Waals surface area contributed by atoms with Crippen molar-refractivity contribution in [2.45, 2.75) is 11.5 Å². The Balaban J connectivity index is 1.22. The van der Waals surface area contributed by atoms with Crippen LogP contribution in [0.3, 0.4) is 0 Å². The lowest BCUT2D eigenvalue weighted by atomic mass is 10.1. The second-order valence-corrected chi connectivity index (χ2v) is 11.8. The number of benzene rings is 5. The molecule has 10 heteroatoms. The van der Waals surface area contributed by atoms with Crippen molar-refractivity contribution in [3.63, 3.8) is 0 Å². The summed E-state index contributed by atoms with van der Waals surface area (Å²) < 4.78 is 11.0. The van der Waals surface area contributed by atoms with Gasteiger partial charge in [-0.25, -0.2) is 0 Å². The van der Waals surface area contributed by atoms with Crippen LogP contribution in [0.4, 0.5) is 11.4 Å². The van der Waals surface area contributed by atoms with E-state index in [1.807, 2.05) is 60.7 Å². The van der Waals surface area contributed by atoms with E-state index in [2.05, 4.69) is 16.0 Å². The molecule has 8 nitrogen and oxygen atoms in total. The number of halogens is 1. The highest BCUT2D eigenvalue weighted by Crippen LogP contribution is 2.28. The largest absolute Gasteiger partial charge is 0.495 e. The maximum atomic E-state index is 13.5. The minimum Gasteiger partial charge on any atom is -0.495 e. The van der Waals surface area contributed by atoms with E-state index >= 15 is 0 Å². The number of anilines is 2. The zero-order chi connectivity index (χ0) is 33.7. The van der Waals surface area contributed by atoms with Crippen LogP contribution < -0.4 is 25.4 Å². The molecule has 0 radical (unpaired) electrons. The van der Waals surface area contributed by atoms with Crippen LogP contribution in [0.15, 0.2) is 138 Å². The molecule has 0 saturated heterocycles. The van der Waals surface area contributed by atoms with Gasteiger partial charge in [-0.1, -0.05) is 72.3 Å². The molecule has 0 aliphatic rings. The van der Waals surface area contributed by atoms with Crippen LogP contribution in [-0.2, 0) is 16.2 Å². The normalized spacial score (nSPS) is 10.9. The van der Waals surface area contributed by atoms with Gasteiger partial charge in [0.25, 0.3) is 11.8 Å². The first-order valence-electron chi connectivity index (χ1n) is 14.9. The highest BCUT2D eigenvalue weighted by atomic mass is 35.5. The van der Waals surface area contributed by atoms with Crippen molar-refractivity contribution in [3.8, 4) is 11.5 Å². The van der Waals surface area contributed by atoms with Crippen molar-refractivity contribution in [1.29, 1.82) is 0 Å². The molecule has 0 bridgehead atoms. The summed E-state index contributed by atoms with van der Waals surface area (Å²) in [4.78, 5) is 39.8. The number of nitrogens with one attached hydrogen (secondary N) is 3. The van der Waals surface area contributed by atoms with E-state index in [4.69, 9.17) is 21.1 Å². The van der Waals surface area contributed by atoms with Crippen molar-refractivity contribution in [1.82, 2.24) is 5.32 Å². The van der Waals surface area contributed by atoms with Crippen molar-refractivity contribution in [3.05, 3.63) is 155 Å². The summed E-state index contributed by atoms with van der Waals surface area (Å²) in [5, 5.41) is 8.82. The molecule has 0 aliphatic heterocycles. The first-order valence-corrected chi connectivity index (χ1v) is 16.2. The van der Waals surface area contributed by atoms with Gasteiger partial charge in [-0.15, -0.1) is 11.8 Å². The Morgan fingerprint density at radius 2 is 1.44 bits per heavy atom. The Hall–Kier alpha value is -5.51. The number of ether oxygens (including phenoxy) is 2. The summed E-state index contributed by atoms with van der Waals surface area (Å²) in [5.74, 6) is 0.262. The van der Waals surface area contributed by atoms with E-state index in [0.29, 0.717) is 45.6 Å². The van der Waals surface area contributed by atoms with Gasteiger partial charge in [0.05, 0.1) is 17.9 Å². The molecular weight excluding hydrogens is 646 g/mol. The van der Waals surface area contributed by atoms with Crippen molar-refractivity contribution >= 4 is 58.5 Å². The fourth-order valence-corrected chi connectivity index (χ4v) is 5.39. The van der Waals surface area contributed by atoms with Gasteiger partial charge in [-0.2, -0.15) is 0 Å². The Morgan fingerprint density at radius 3 is 2.10 bits per heavy atom. The van der Waals surface area contributed by atoms with Crippen LogP contribution in [0.1, 0.15) is 21.5 Å². The number of methoxy groups -OCH3 is 1. The van der Waals surface area contributed by atoms with Crippen LogP contribution >= 0.6 is 23.4 Å². The quantitative estimate of drug-likeness (QED) is 0.0860. The molecule has 5 rings (SSSR count). The molecule has 0 aliphatic carbocycles. The Morgan fingerprint density at radius 1 is 0.771 bits per heavy atom. The Kier molecular flexibility index (Phi) is 11.9. The van der Waals surface area contributed by atoms with Crippen molar-refractivity contribution in [2.24, 2.45) is 0 Å². The van der Waals surface area contributed by atoms with Crippen molar-refractivity contribution < 1.29 is 23.9 Å². The van der Waals surface area contributed by atoms with E-state index in [1.54, 1.807) is 72.8 Å². The predicted molar refractivity (Wildman–Crippen MR) is 192 cm³/mol. The fourth-order valence-electron chi connectivity index (χ4n) is 4.43. The lowest BCUT2D eigenvalue weighted by Gasteiger charge is -2.12. The predicted octanol–water partition coefficient (Wildman–Crippen LogP) is 8.07. The summed E-state index contributed by atoms with van der Waals surface area (Å²) in [5.41, 5.74) is 3.32. The zero-order valence-corrected chi connectivity index (χ0v) is 27.5. The van der Waals surface area contributed by atoms with Gasteiger partial charge >= 0.3 is 0 Å². The average Bonchev–Trinajstić information content (AvgIpc) is 3.11. The third-order valence-electron chi connectivity index (χ3n) is 6.89. The molecule has 48 heavy (non-hydrogen) atoms. The second-order valence-electron chi connectivity index (χ2n) is 10.4. The molecule has 0 unspecified atom stereocenters.